The van der Waals surface area contributed by atoms with E-state index in [9.17, 15) is 4.79 Å². The second kappa shape index (κ2) is 6.94. The number of amides is 1. The Bertz CT molecular complexity index is 359. The number of nitrogens with zero attached hydrogens (tertiary/aromatic N) is 1. The zero-order valence-electron chi connectivity index (χ0n) is 10.9. The Morgan fingerprint density at radius 3 is 2.47 bits per heavy atom. The molecule has 0 saturated heterocycles. The molecule has 0 unspecified atom stereocenters. The molecule has 1 aromatic carbocycles. The van der Waals surface area contributed by atoms with Gasteiger partial charge in [-0.2, -0.15) is 0 Å². The van der Waals surface area contributed by atoms with Crippen LogP contribution in [0.4, 0.5) is 0 Å². The first-order chi connectivity index (χ1) is 8.19. The molecule has 0 saturated carbocycles. The molecule has 0 aliphatic heterocycles. The highest BCUT2D eigenvalue weighted by Crippen LogP contribution is 2.16. The summed E-state index contributed by atoms with van der Waals surface area (Å²) in [6.45, 7) is 7.95. The standard InChI is InChI=1S/C14H21NO2/c1-4-15(5-2)14(16)10-11-17-13-9-7-6-8-12(13)3/h6-9H,4-5,10-11H2,1-3H3. The predicted octanol–water partition coefficient (Wildman–Crippen LogP) is 2.63. The average Bonchev–Trinajstić information content (AvgIpc) is 2.33. The van der Waals surface area contributed by atoms with Crippen molar-refractivity contribution in [1.82, 2.24) is 4.90 Å². The van der Waals surface area contributed by atoms with E-state index in [2.05, 4.69) is 0 Å². The van der Waals surface area contributed by atoms with Gasteiger partial charge in [0, 0.05) is 13.1 Å². The van der Waals surface area contributed by atoms with Crippen molar-refractivity contribution < 1.29 is 9.53 Å². The van der Waals surface area contributed by atoms with E-state index in [0.29, 0.717) is 13.0 Å². The number of para-hydroxylation sites is 1. The maximum atomic E-state index is 11.7. The fourth-order valence-corrected chi connectivity index (χ4v) is 1.70. The first-order valence-electron chi connectivity index (χ1n) is 6.15. The Hall–Kier alpha value is -1.51. The van der Waals surface area contributed by atoms with Crippen molar-refractivity contribution in [3.05, 3.63) is 29.8 Å². The predicted molar refractivity (Wildman–Crippen MR) is 69.2 cm³/mol. The summed E-state index contributed by atoms with van der Waals surface area (Å²) >= 11 is 0. The van der Waals surface area contributed by atoms with E-state index < -0.39 is 0 Å². The Balaban J connectivity index is 2.38. The van der Waals surface area contributed by atoms with E-state index >= 15 is 0 Å². The van der Waals surface area contributed by atoms with Crippen LogP contribution < -0.4 is 4.74 Å². The maximum absolute atomic E-state index is 11.7. The quantitative estimate of drug-likeness (QED) is 0.758. The molecule has 1 aromatic rings. The van der Waals surface area contributed by atoms with E-state index in [0.717, 1.165) is 24.4 Å². The van der Waals surface area contributed by atoms with Crippen LogP contribution in [0.15, 0.2) is 24.3 Å². The second-order valence-corrected chi connectivity index (χ2v) is 3.93. The minimum atomic E-state index is 0.156. The number of hydrogen-bond donors (Lipinski definition) is 0. The van der Waals surface area contributed by atoms with Crippen LogP contribution in [0.2, 0.25) is 0 Å². The number of carbonyl (C=O) groups is 1. The summed E-state index contributed by atoms with van der Waals surface area (Å²) < 4.78 is 5.60. The van der Waals surface area contributed by atoms with Crippen LogP contribution in [0.3, 0.4) is 0 Å². The highest BCUT2D eigenvalue weighted by molar-refractivity contribution is 5.76. The summed E-state index contributed by atoms with van der Waals surface area (Å²) in [7, 11) is 0. The molecule has 0 N–H and O–H groups in total. The van der Waals surface area contributed by atoms with Gasteiger partial charge in [0.1, 0.15) is 5.75 Å². The largest absolute Gasteiger partial charge is 0.493 e. The molecular weight excluding hydrogens is 214 g/mol. The van der Waals surface area contributed by atoms with Gasteiger partial charge in [-0.3, -0.25) is 4.79 Å². The third-order valence-corrected chi connectivity index (χ3v) is 2.78. The normalized spacial score (nSPS) is 10.1. The SMILES string of the molecule is CCN(CC)C(=O)CCOc1ccccc1C. The van der Waals surface area contributed by atoms with Gasteiger partial charge in [0.2, 0.25) is 5.91 Å². The molecule has 3 heteroatoms. The highest BCUT2D eigenvalue weighted by Gasteiger charge is 2.09. The molecular formula is C14H21NO2. The Morgan fingerprint density at radius 1 is 1.24 bits per heavy atom. The Morgan fingerprint density at radius 2 is 1.88 bits per heavy atom. The van der Waals surface area contributed by atoms with Crippen LogP contribution in [-0.4, -0.2) is 30.5 Å². The Labute approximate surface area is 103 Å². The van der Waals surface area contributed by atoms with Gasteiger partial charge in [0.25, 0.3) is 0 Å². The zero-order chi connectivity index (χ0) is 12.7. The molecule has 94 valence electrons. The van der Waals surface area contributed by atoms with Crippen LogP contribution in [0.25, 0.3) is 0 Å². The van der Waals surface area contributed by atoms with E-state index in [4.69, 9.17) is 4.74 Å². The van der Waals surface area contributed by atoms with E-state index in [1.165, 1.54) is 0 Å². The van der Waals surface area contributed by atoms with Crippen molar-refractivity contribution in [3.63, 3.8) is 0 Å². The summed E-state index contributed by atoms with van der Waals surface area (Å²) in [4.78, 5) is 13.5. The van der Waals surface area contributed by atoms with Crippen molar-refractivity contribution in [1.29, 1.82) is 0 Å². The van der Waals surface area contributed by atoms with Gasteiger partial charge in [0.15, 0.2) is 0 Å². The number of ether oxygens (including phenoxy) is 1. The summed E-state index contributed by atoms with van der Waals surface area (Å²) in [5, 5.41) is 0. The fraction of sp³-hybridized carbons (Fsp3) is 0.500. The van der Waals surface area contributed by atoms with Crippen molar-refractivity contribution in [2.24, 2.45) is 0 Å². The zero-order valence-corrected chi connectivity index (χ0v) is 10.9. The molecule has 0 fully saturated rings. The van der Waals surface area contributed by atoms with Crippen LogP contribution in [-0.2, 0) is 4.79 Å². The smallest absolute Gasteiger partial charge is 0.225 e. The van der Waals surface area contributed by atoms with Gasteiger partial charge in [-0.1, -0.05) is 18.2 Å². The van der Waals surface area contributed by atoms with E-state index in [1.807, 2.05) is 49.9 Å². The van der Waals surface area contributed by atoms with Gasteiger partial charge in [-0.25, -0.2) is 0 Å². The third kappa shape index (κ3) is 4.10. The number of benzene rings is 1. The molecule has 0 spiro atoms. The topological polar surface area (TPSA) is 29.5 Å². The second-order valence-electron chi connectivity index (χ2n) is 3.93. The molecule has 0 aliphatic carbocycles. The van der Waals surface area contributed by atoms with E-state index in [1.54, 1.807) is 0 Å². The number of carbonyl (C=O) groups excluding carboxylic acids is 1. The summed E-state index contributed by atoms with van der Waals surface area (Å²) in [6, 6.07) is 7.84. The monoisotopic (exact) mass is 235 g/mol. The number of hydrogen-bond acceptors (Lipinski definition) is 2. The number of aryl methyl sites for hydroxylation is 1. The molecule has 0 heterocycles. The first kappa shape index (κ1) is 13.6. The van der Waals surface area contributed by atoms with Crippen molar-refractivity contribution in [2.45, 2.75) is 27.2 Å². The third-order valence-electron chi connectivity index (χ3n) is 2.78. The molecule has 0 bridgehead atoms. The van der Waals surface area contributed by atoms with Gasteiger partial charge in [-0.05, 0) is 32.4 Å². The molecule has 0 aliphatic rings. The molecule has 0 radical (unpaired) electrons. The lowest BCUT2D eigenvalue weighted by molar-refractivity contribution is -0.131. The molecule has 1 rings (SSSR count). The van der Waals surface area contributed by atoms with Crippen molar-refractivity contribution >= 4 is 5.91 Å². The first-order valence-corrected chi connectivity index (χ1v) is 6.15. The molecule has 1 amide bonds. The molecule has 17 heavy (non-hydrogen) atoms. The van der Waals surface area contributed by atoms with Crippen molar-refractivity contribution in [2.75, 3.05) is 19.7 Å². The van der Waals surface area contributed by atoms with Crippen LogP contribution >= 0.6 is 0 Å². The van der Waals surface area contributed by atoms with Crippen LogP contribution in [0.5, 0.6) is 5.75 Å². The molecule has 0 aromatic heterocycles. The summed E-state index contributed by atoms with van der Waals surface area (Å²) in [6.07, 6.45) is 0.440. The number of rotatable bonds is 6. The van der Waals surface area contributed by atoms with Crippen LogP contribution in [0.1, 0.15) is 25.8 Å². The lowest BCUT2D eigenvalue weighted by Gasteiger charge is -2.18. The average molecular weight is 235 g/mol. The lowest BCUT2D eigenvalue weighted by atomic mass is 10.2. The van der Waals surface area contributed by atoms with Gasteiger partial charge in [-0.15, -0.1) is 0 Å². The minimum Gasteiger partial charge on any atom is -0.493 e. The molecule has 3 nitrogen and oxygen atoms in total. The maximum Gasteiger partial charge on any atom is 0.225 e. The fourth-order valence-electron chi connectivity index (χ4n) is 1.70. The van der Waals surface area contributed by atoms with Crippen molar-refractivity contribution in [3.8, 4) is 5.75 Å². The van der Waals surface area contributed by atoms with Gasteiger partial charge < -0.3 is 9.64 Å². The van der Waals surface area contributed by atoms with Gasteiger partial charge >= 0.3 is 0 Å². The summed E-state index contributed by atoms with van der Waals surface area (Å²) in [5.74, 6) is 1.02. The minimum absolute atomic E-state index is 0.156. The lowest BCUT2D eigenvalue weighted by Crippen LogP contribution is -2.31. The van der Waals surface area contributed by atoms with E-state index in [-0.39, 0.29) is 5.91 Å². The summed E-state index contributed by atoms with van der Waals surface area (Å²) in [5.41, 5.74) is 1.10. The molecule has 0 atom stereocenters. The highest BCUT2D eigenvalue weighted by atomic mass is 16.5. The Kier molecular flexibility index (Phi) is 5.53. The van der Waals surface area contributed by atoms with Crippen LogP contribution in [0, 0.1) is 6.92 Å². The van der Waals surface area contributed by atoms with Gasteiger partial charge in [0.05, 0.1) is 13.0 Å².